The Labute approximate surface area is 188 Å². The number of hydrogen-bond donors (Lipinski definition) is 0. The Morgan fingerprint density at radius 3 is 2.33 bits per heavy atom. The molecule has 30 heavy (non-hydrogen) atoms. The first-order valence-electron chi connectivity index (χ1n) is 12.0. The molecular formula is C28H46OSi. The highest BCUT2D eigenvalue weighted by Crippen LogP contribution is 2.38. The van der Waals surface area contributed by atoms with Gasteiger partial charge in [0.1, 0.15) is 0 Å². The van der Waals surface area contributed by atoms with E-state index in [1.165, 1.54) is 37.7 Å². The van der Waals surface area contributed by atoms with Gasteiger partial charge in [0.15, 0.2) is 8.32 Å². The van der Waals surface area contributed by atoms with Crippen molar-refractivity contribution in [2.75, 3.05) is 0 Å². The van der Waals surface area contributed by atoms with Crippen molar-refractivity contribution in [2.24, 2.45) is 5.92 Å². The Balaban J connectivity index is 2.69. The van der Waals surface area contributed by atoms with Gasteiger partial charge in [-0.2, -0.15) is 0 Å². The van der Waals surface area contributed by atoms with Crippen LogP contribution < -0.4 is 0 Å². The largest absolute Gasteiger partial charge is 0.413 e. The first-order valence-corrected chi connectivity index (χ1v) is 15.0. The molecule has 2 heteroatoms. The molecule has 2 atom stereocenters. The molecule has 1 nitrogen and oxygen atoms in total. The van der Waals surface area contributed by atoms with Crippen molar-refractivity contribution in [3.8, 4) is 11.8 Å². The summed E-state index contributed by atoms with van der Waals surface area (Å²) in [5.41, 5.74) is 1.38. The molecule has 0 aromatic heterocycles. The number of rotatable bonds is 12. The van der Waals surface area contributed by atoms with Crippen molar-refractivity contribution in [3.63, 3.8) is 0 Å². The van der Waals surface area contributed by atoms with Gasteiger partial charge in [0.25, 0.3) is 0 Å². The maximum Gasteiger partial charge on any atom is 0.192 e. The zero-order valence-corrected chi connectivity index (χ0v) is 21.8. The average Bonchev–Trinajstić information content (AvgIpc) is 2.69. The monoisotopic (exact) mass is 426 g/mol. The molecule has 0 fully saturated rings. The van der Waals surface area contributed by atoms with E-state index in [0.29, 0.717) is 0 Å². The van der Waals surface area contributed by atoms with Crippen LogP contribution in [0.3, 0.4) is 0 Å². The molecule has 0 unspecified atom stereocenters. The summed E-state index contributed by atoms with van der Waals surface area (Å²) in [5, 5.41) is 0.211. The third kappa shape index (κ3) is 10.6. The minimum Gasteiger partial charge on any atom is -0.413 e. The van der Waals surface area contributed by atoms with Gasteiger partial charge in [-0.15, -0.1) is 0 Å². The third-order valence-corrected chi connectivity index (χ3v) is 10.9. The normalized spacial score (nSPS) is 14.4. The lowest BCUT2D eigenvalue weighted by Crippen LogP contribution is -2.45. The predicted molar refractivity (Wildman–Crippen MR) is 136 cm³/mol. The van der Waals surface area contributed by atoms with E-state index in [-0.39, 0.29) is 17.1 Å². The van der Waals surface area contributed by atoms with Gasteiger partial charge in [0, 0.05) is 5.92 Å². The average molecular weight is 427 g/mol. The highest BCUT2D eigenvalue weighted by Gasteiger charge is 2.39. The summed E-state index contributed by atoms with van der Waals surface area (Å²) in [5.74, 6) is 6.99. The lowest BCUT2D eigenvalue weighted by Gasteiger charge is -2.40. The van der Waals surface area contributed by atoms with Crippen LogP contribution in [0.5, 0.6) is 0 Å². The molecule has 0 aliphatic carbocycles. The van der Waals surface area contributed by atoms with Crippen molar-refractivity contribution < 1.29 is 4.43 Å². The van der Waals surface area contributed by atoms with Crippen molar-refractivity contribution in [1.29, 1.82) is 0 Å². The molecule has 168 valence electrons. The van der Waals surface area contributed by atoms with Crippen LogP contribution >= 0.6 is 0 Å². The van der Waals surface area contributed by atoms with E-state index in [1.807, 2.05) is 0 Å². The second-order valence-corrected chi connectivity index (χ2v) is 14.9. The van der Waals surface area contributed by atoms with Crippen molar-refractivity contribution in [2.45, 2.75) is 110 Å². The SMILES string of the molecule is CCCCCCC/C=C/C#C[C@@H](C)[C@H](CCc1ccccc1)O[Si](C)(C)C(C)(C)C. The van der Waals surface area contributed by atoms with Crippen LogP contribution in [0.1, 0.15) is 85.1 Å². The Morgan fingerprint density at radius 1 is 1.03 bits per heavy atom. The Kier molecular flexibility index (Phi) is 12.4. The van der Waals surface area contributed by atoms with Gasteiger partial charge in [0.05, 0.1) is 6.10 Å². The summed E-state index contributed by atoms with van der Waals surface area (Å²) < 4.78 is 6.83. The molecule has 0 heterocycles. The Bertz CT molecular complexity index is 657. The lowest BCUT2D eigenvalue weighted by molar-refractivity contribution is 0.140. The van der Waals surface area contributed by atoms with Crippen molar-refractivity contribution >= 4 is 8.32 Å². The van der Waals surface area contributed by atoms with Crippen LogP contribution in [0.2, 0.25) is 18.1 Å². The second-order valence-electron chi connectivity index (χ2n) is 10.1. The maximum atomic E-state index is 6.83. The molecule has 0 saturated heterocycles. The first-order chi connectivity index (χ1) is 14.2. The second kappa shape index (κ2) is 13.9. The van der Waals surface area contributed by atoms with Gasteiger partial charge in [0.2, 0.25) is 0 Å². The summed E-state index contributed by atoms with van der Waals surface area (Å²) in [7, 11) is -1.83. The van der Waals surface area contributed by atoms with Gasteiger partial charge in [-0.1, -0.05) is 102 Å². The highest BCUT2D eigenvalue weighted by molar-refractivity contribution is 6.74. The van der Waals surface area contributed by atoms with E-state index >= 15 is 0 Å². The molecule has 0 amide bonds. The van der Waals surface area contributed by atoms with Gasteiger partial charge in [-0.3, -0.25) is 0 Å². The van der Waals surface area contributed by atoms with E-state index in [9.17, 15) is 0 Å². The van der Waals surface area contributed by atoms with Gasteiger partial charge in [-0.05, 0) is 62.4 Å². The number of benzene rings is 1. The van der Waals surface area contributed by atoms with E-state index in [4.69, 9.17) is 4.43 Å². The molecule has 0 aliphatic rings. The van der Waals surface area contributed by atoms with E-state index in [1.54, 1.807) is 0 Å². The molecule has 0 spiro atoms. The van der Waals surface area contributed by atoms with Crippen LogP contribution in [0.4, 0.5) is 0 Å². The smallest absolute Gasteiger partial charge is 0.192 e. The van der Waals surface area contributed by atoms with E-state index in [2.05, 4.69) is 102 Å². The quantitative estimate of drug-likeness (QED) is 0.185. The molecule has 0 aliphatic heterocycles. The summed E-state index contributed by atoms with van der Waals surface area (Å²) in [4.78, 5) is 0. The Hall–Kier alpha value is -1.30. The standard InChI is InChI=1S/C28H46OSi/c1-8-9-10-11-12-13-14-15-17-20-25(2)27(29-30(6,7)28(3,4)5)24-23-26-21-18-16-19-22-26/h14-16,18-19,21-22,25,27H,8-13,23-24H2,1-7H3/b15-14+/t25-,27+/m1/s1. The molecule has 0 bridgehead atoms. The highest BCUT2D eigenvalue weighted by atomic mass is 28.4. The molecule has 1 rings (SSSR count). The van der Waals surface area contributed by atoms with Gasteiger partial charge < -0.3 is 4.43 Å². The summed E-state index contributed by atoms with van der Waals surface area (Å²) in [6.07, 6.45) is 14.3. The van der Waals surface area contributed by atoms with Crippen molar-refractivity contribution in [3.05, 3.63) is 48.0 Å². The molecule has 1 aromatic rings. The number of hydrogen-bond acceptors (Lipinski definition) is 1. The fourth-order valence-corrected chi connectivity index (χ4v) is 4.63. The molecule has 0 radical (unpaired) electrons. The zero-order valence-electron chi connectivity index (χ0n) is 20.8. The summed E-state index contributed by atoms with van der Waals surface area (Å²) in [6.45, 7) is 16.1. The molecular weight excluding hydrogens is 380 g/mol. The molecule has 1 aromatic carbocycles. The number of aryl methyl sites for hydroxylation is 1. The predicted octanol–water partition coefficient (Wildman–Crippen LogP) is 8.57. The minimum absolute atomic E-state index is 0.182. The maximum absolute atomic E-state index is 6.83. The number of unbranched alkanes of at least 4 members (excludes halogenated alkanes) is 5. The topological polar surface area (TPSA) is 9.23 Å². The molecule has 0 saturated carbocycles. The van der Waals surface area contributed by atoms with Crippen LogP contribution in [0.25, 0.3) is 0 Å². The Morgan fingerprint density at radius 2 is 1.70 bits per heavy atom. The van der Waals surface area contributed by atoms with Crippen LogP contribution in [-0.4, -0.2) is 14.4 Å². The lowest BCUT2D eigenvalue weighted by atomic mass is 9.98. The van der Waals surface area contributed by atoms with Gasteiger partial charge >= 0.3 is 0 Å². The number of allylic oxidation sites excluding steroid dienone is 2. The fourth-order valence-electron chi connectivity index (χ4n) is 3.20. The van der Waals surface area contributed by atoms with Crippen LogP contribution in [0, 0.1) is 17.8 Å². The minimum atomic E-state index is -1.83. The summed E-state index contributed by atoms with van der Waals surface area (Å²) in [6, 6.07) is 10.7. The third-order valence-electron chi connectivity index (χ3n) is 6.36. The molecule has 0 N–H and O–H groups in total. The zero-order chi connectivity index (χ0) is 22.5. The van der Waals surface area contributed by atoms with Crippen LogP contribution in [0.15, 0.2) is 42.5 Å². The van der Waals surface area contributed by atoms with E-state index in [0.717, 1.165) is 19.3 Å². The van der Waals surface area contributed by atoms with Gasteiger partial charge in [-0.25, -0.2) is 0 Å². The fraction of sp³-hybridized carbons (Fsp3) is 0.643. The van der Waals surface area contributed by atoms with Crippen LogP contribution in [-0.2, 0) is 10.8 Å². The first kappa shape index (κ1) is 26.7. The van der Waals surface area contributed by atoms with E-state index < -0.39 is 8.32 Å². The summed E-state index contributed by atoms with van der Waals surface area (Å²) >= 11 is 0. The van der Waals surface area contributed by atoms with Crippen molar-refractivity contribution in [1.82, 2.24) is 0 Å².